The molecule has 5 nitrogen and oxygen atoms in total. The van der Waals surface area contributed by atoms with Gasteiger partial charge in [-0.15, -0.1) is 11.3 Å². The van der Waals surface area contributed by atoms with Gasteiger partial charge in [0.2, 0.25) is 5.91 Å². The summed E-state index contributed by atoms with van der Waals surface area (Å²) in [6, 6.07) is 12.4. The highest BCUT2D eigenvalue weighted by Gasteiger charge is 2.29. The Morgan fingerprint density at radius 1 is 1.10 bits per heavy atom. The number of halogens is 1. The second-order valence-electron chi connectivity index (χ2n) is 7.09. The van der Waals surface area contributed by atoms with Gasteiger partial charge in [0.1, 0.15) is 22.6 Å². The molecule has 0 aliphatic carbocycles. The van der Waals surface area contributed by atoms with Gasteiger partial charge < -0.3 is 10.6 Å². The van der Waals surface area contributed by atoms with Crippen LogP contribution in [0.4, 0.5) is 4.39 Å². The number of rotatable bonds is 6. The molecular formula is C22H22FN3O2S. The number of nitrogens with two attached hydrogens (primary N) is 1. The Labute approximate surface area is 173 Å². The number of aromatic nitrogens is 1. The molecule has 2 aromatic carbocycles. The standard InChI is InChI=1S/C22H22FN3O2S/c1-13(2)14-7-9-15(10-8-14)21-25-18(12-29-21)22(28)26(3)19(20(24)27)16-5-4-6-17(23)11-16/h4-13,19H,1-3H3,(H2,24,27). The number of hydrogen-bond donors (Lipinski definition) is 1. The van der Waals surface area contributed by atoms with E-state index in [0.29, 0.717) is 16.5 Å². The van der Waals surface area contributed by atoms with Gasteiger partial charge in [0, 0.05) is 18.0 Å². The molecular weight excluding hydrogens is 389 g/mol. The Morgan fingerprint density at radius 2 is 1.79 bits per heavy atom. The smallest absolute Gasteiger partial charge is 0.274 e. The van der Waals surface area contributed by atoms with Crippen molar-refractivity contribution in [1.82, 2.24) is 9.88 Å². The molecule has 0 saturated carbocycles. The van der Waals surface area contributed by atoms with Crippen molar-refractivity contribution in [2.24, 2.45) is 5.73 Å². The van der Waals surface area contributed by atoms with Crippen molar-refractivity contribution in [3.05, 3.63) is 76.5 Å². The molecule has 0 aliphatic heterocycles. The number of primary amides is 1. The monoisotopic (exact) mass is 411 g/mol. The zero-order valence-electron chi connectivity index (χ0n) is 16.4. The molecule has 1 atom stereocenters. The molecule has 150 valence electrons. The molecule has 2 amide bonds. The van der Waals surface area contributed by atoms with Gasteiger partial charge in [-0.25, -0.2) is 9.37 Å². The van der Waals surface area contributed by atoms with Crippen LogP contribution in [-0.2, 0) is 4.79 Å². The van der Waals surface area contributed by atoms with Gasteiger partial charge in [-0.05, 0) is 29.2 Å². The van der Waals surface area contributed by atoms with E-state index in [4.69, 9.17) is 5.73 Å². The summed E-state index contributed by atoms with van der Waals surface area (Å²) in [6.45, 7) is 4.25. The van der Waals surface area contributed by atoms with E-state index >= 15 is 0 Å². The maximum absolute atomic E-state index is 13.6. The maximum atomic E-state index is 13.6. The molecule has 2 N–H and O–H groups in total. The number of likely N-dealkylation sites (N-methyl/N-ethyl adjacent to an activating group) is 1. The van der Waals surface area contributed by atoms with E-state index in [0.717, 1.165) is 5.56 Å². The van der Waals surface area contributed by atoms with Crippen LogP contribution in [0.15, 0.2) is 53.9 Å². The van der Waals surface area contributed by atoms with E-state index in [1.54, 1.807) is 11.4 Å². The van der Waals surface area contributed by atoms with Crippen molar-refractivity contribution >= 4 is 23.2 Å². The number of hydrogen-bond acceptors (Lipinski definition) is 4. The van der Waals surface area contributed by atoms with Gasteiger partial charge in [0.25, 0.3) is 5.91 Å². The molecule has 1 unspecified atom stereocenters. The predicted molar refractivity (Wildman–Crippen MR) is 112 cm³/mol. The number of nitrogens with zero attached hydrogens (tertiary/aromatic N) is 2. The number of amides is 2. The van der Waals surface area contributed by atoms with E-state index < -0.39 is 23.7 Å². The minimum absolute atomic E-state index is 0.211. The van der Waals surface area contributed by atoms with Crippen LogP contribution in [0.3, 0.4) is 0 Å². The average Bonchev–Trinajstić information content (AvgIpc) is 3.17. The minimum atomic E-state index is -1.09. The highest BCUT2D eigenvalue weighted by atomic mass is 32.1. The maximum Gasteiger partial charge on any atom is 0.274 e. The van der Waals surface area contributed by atoms with E-state index in [1.165, 1.54) is 47.0 Å². The van der Waals surface area contributed by atoms with Crippen LogP contribution in [-0.4, -0.2) is 28.7 Å². The first-order valence-corrected chi connectivity index (χ1v) is 10.0. The summed E-state index contributed by atoms with van der Waals surface area (Å²) in [7, 11) is 1.46. The Morgan fingerprint density at radius 3 is 2.38 bits per heavy atom. The lowest BCUT2D eigenvalue weighted by molar-refractivity contribution is -0.122. The van der Waals surface area contributed by atoms with Gasteiger partial charge >= 0.3 is 0 Å². The van der Waals surface area contributed by atoms with E-state index in [2.05, 4.69) is 18.8 Å². The van der Waals surface area contributed by atoms with Crippen molar-refractivity contribution in [2.45, 2.75) is 25.8 Å². The summed E-state index contributed by atoms with van der Waals surface area (Å²) >= 11 is 1.35. The van der Waals surface area contributed by atoms with Crippen LogP contribution in [0.25, 0.3) is 10.6 Å². The summed E-state index contributed by atoms with van der Waals surface area (Å²) in [5.74, 6) is -1.28. The van der Waals surface area contributed by atoms with Crippen LogP contribution in [0.1, 0.15) is 47.4 Å². The van der Waals surface area contributed by atoms with Gasteiger partial charge in [-0.2, -0.15) is 0 Å². The minimum Gasteiger partial charge on any atom is -0.368 e. The summed E-state index contributed by atoms with van der Waals surface area (Å²) in [5, 5.41) is 2.35. The first-order valence-electron chi connectivity index (χ1n) is 9.15. The van der Waals surface area contributed by atoms with Gasteiger partial charge in [0.05, 0.1) is 0 Å². The fraction of sp³-hybridized carbons (Fsp3) is 0.227. The van der Waals surface area contributed by atoms with Gasteiger partial charge in [-0.3, -0.25) is 9.59 Å². The molecule has 0 bridgehead atoms. The van der Waals surface area contributed by atoms with E-state index in [-0.39, 0.29) is 5.69 Å². The Kier molecular flexibility index (Phi) is 6.08. The highest BCUT2D eigenvalue weighted by molar-refractivity contribution is 7.13. The predicted octanol–water partition coefficient (Wildman–Crippen LogP) is 4.37. The SMILES string of the molecule is CC(C)c1ccc(-c2nc(C(=O)N(C)C(C(N)=O)c3cccc(F)c3)cs2)cc1. The molecule has 0 saturated heterocycles. The third kappa shape index (κ3) is 4.51. The van der Waals surface area contributed by atoms with Gasteiger partial charge in [-0.1, -0.05) is 50.2 Å². The summed E-state index contributed by atoms with van der Waals surface area (Å²) in [4.78, 5) is 30.5. The third-order valence-electron chi connectivity index (χ3n) is 4.69. The molecule has 0 spiro atoms. The van der Waals surface area contributed by atoms with Crippen molar-refractivity contribution in [3.63, 3.8) is 0 Å². The summed E-state index contributed by atoms with van der Waals surface area (Å²) in [5.41, 5.74) is 8.16. The molecule has 3 rings (SSSR count). The topological polar surface area (TPSA) is 76.3 Å². The van der Waals surface area contributed by atoms with Crippen molar-refractivity contribution in [2.75, 3.05) is 7.05 Å². The quantitative estimate of drug-likeness (QED) is 0.654. The van der Waals surface area contributed by atoms with Crippen LogP contribution >= 0.6 is 11.3 Å². The molecule has 3 aromatic rings. The second kappa shape index (κ2) is 8.53. The first-order chi connectivity index (χ1) is 13.8. The van der Waals surface area contributed by atoms with E-state index in [9.17, 15) is 14.0 Å². The molecule has 1 aromatic heterocycles. The van der Waals surface area contributed by atoms with Crippen molar-refractivity contribution in [3.8, 4) is 10.6 Å². The van der Waals surface area contributed by atoms with Crippen molar-refractivity contribution in [1.29, 1.82) is 0 Å². The molecule has 7 heteroatoms. The number of carbonyl (C=O) groups is 2. The zero-order chi connectivity index (χ0) is 21.1. The second-order valence-corrected chi connectivity index (χ2v) is 7.95. The van der Waals surface area contributed by atoms with E-state index in [1.807, 2.05) is 24.3 Å². The molecule has 1 heterocycles. The Hall–Kier alpha value is -3.06. The van der Waals surface area contributed by atoms with Crippen LogP contribution in [0.5, 0.6) is 0 Å². The number of benzene rings is 2. The fourth-order valence-electron chi connectivity index (χ4n) is 3.07. The van der Waals surface area contributed by atoms with Crippen LogP contribution < -0.4 is 5.73 Å². The highest BCUT2D eigenvalue weighted by Crippen LogP contribution is 2.28. The lowest BCUT2D eigenvalue weighted by Gasteiger charge is -2.25. The number of thiazole rings is 1. The Bertz CT molecular complexity index is 1030. The zero-order valence-corrected chi connectivity index (χ0v) is 17.2. The summed E-state index contributed by atoms with van der Waals surface area (Å²) < 4.78 is 13.6. The molecule has 0 aliphatic rings. The third-order valence-corrected chi connectivity index (χ3v) is 5.58. The molecule has 29 heavy (non-hydrogen) atoms. The Balaban J connectivity index is 1.85. The van der Waals surface area contributed by atoms with Crippen molar-refractivity contribution < 1.29 is 14.0 Å². The normalized spacial score (nSPS) is 12.0. The average molecular weight is 412 g/mol. The molecule has 0 fully saturated rings. The number of carbonyl (C=O) groups excluding carboxylic acids is 2. The largest absolute Gasteiger partial charge is 0.368 e. The fourth-order valence-corrected chi connectivity index (χ4v) is 3.87. The lowest BCUT2D eigenvalue weighted by atomic mass is 10.0. The molecule has 0 radical (unpaired) electrons. The lowest BCUT2D eigenvalue weighted by Crippen LogP contribution is -2.39. The summed E-state index contributed by atoms with van der Waals surface area (Å²) in [6.07, 6.45) is 0. The van der Waals surface area contributed by atoms with Crippen LogP contribution in [0.2, 0.25) is 0 Å². The van der Waals surface area contributed by atoms with Gasteiger partial charge in [0.15, 0.2) is 0 Å². The van der Waals surface area contributed by atoms with Crippen LogP contribution in [0, 0.1) is 5.82 Å². The first kappa shape index (κ1) is 20.7.